The Morgan fingerprint density at radius 1 is 0.850 bits per heavy atom. The highest BCUT2D eigenvalue weighted by Gasteiger charge is 2.08. The lowest BCUT2D eigenvalue weighted by Gasteiger charge is -2.13. The predicted molar refractivity (Wildman–Crippen MR) is 89.3 cm³/mol. The van der Waals surface area contributed by atoms with Crippen molar-refractivity contribution < 1.29 is 0 Å². The smallest absolute Gasteiger partial charge is 0.0155 e. The maximum atomic E-state index is 3.98. The van der Waals surface area contributed by atoms with Gasteiger partial charge in [-0.1, -0.05) is 79.4 Å². The summed E-state index contributed by atoms with van der Waals surface area (Å²) < 4.78 is 0. The van der Waals surface area contributed by atoms with Crippen LogP contribution in [0.25, 0.3) is 11.1 Å². The van der Waals surface area contributed by atoms with Crippen LogP contribution in [0, 0.1) is 0 Å². The largest absolute Gasteiger partial charge is 0.0984 e. The lowest BCUT2D eigenvalue weighted by atomic mass is 9.91. The highest BCUT2D eigenvalue weighted by Crippen LogP contribution is 2.30. The molecule has 0 unspecified atom stereocenters. The topological polar surface area (TPSA) is 0 Å². The molecule has 0 amide bonds. The molecule has 0 heteroatoms. The van der Waals surface area contributed by atoms with Gasteiger partial charge >= 0.3 is 0 Å². The third-order valence-corrected chi connectivity index (χ3v) is 3.47. The molecular weight excluding hydrogens is 240 g/mol. The Balaban J connectivity index is 2.53. The fourth-order valence-electron chi connectivity index (χ4n) is 2.47. The molecule has 0 atom stereocenters. The van der Waals surface area contributed by atoms with Crippen LogP contribution in [0.2, 0.25) is 0 Å². The molecule has 0 radical (unpaired) electrons. The van der Waals surface area contributed by atoms with Crippen molar-refractivity contribution in [2.45, 2.75) is 13.8 Å². The number of hydrogen-bond donors (Lipinski definition) is 0. The summed E-state index contributed by atoms with van der Waals surface area (Å²) in [6, 6.07) is 20.9. The molecule has 0 aromatic heterocycles. The summed E-state index contributed by atoms with van der Waals surface area (Å²) in [4.78, 5) is 0. The summed E-state index contributed by atoms with van der Waals surface area (Å²) >= 11 is 0. The quantitative estimate of drug-likeness (QED) is 0.614. The van der Waals surface area contributed by atoms with E-state index in [1.54, 1.807) is 0 Å². The van der Waals surface area contributed by atoms with Crippen molar-refractivity contribution in [3.63, 3.8) is 0 Å². The summed E-state index contributed by atoms with van der Waals surface area (Å²) in [5.74, 6) is 0. The second-order valence-electron chi connectivity index (χ2n) is 4.68. The molecule has 2 rings (SSSR count). The Morgan fingerprint density at radius 3 is 1.80 bits per heavy atom. The standard InChI is InChI=1S/C20H20/c1-4-19(17-12-8-6-9-13-17)16(3)20(5-2)18-14-10-7-11-15-18/h4-15H,1H2,2-3H3/b19-16+,20-5+. The van der Waals surface area contributed by atoms with Crippen LogP contribution in [0.15, 0.2) is 85.0 Å². The van der Waals surface area contributed by atoms with Gasteiger partial charge < -0.3 is 0 Å². The van der Waals surface area contributed by atoms with Gasteiger partial charge in [0.2, 0.25) is 0 Å². The third-order valence-electron chi connectivity index (χ3n) is 3.47. The second-order valence-corrected chi connectivity index (χ2v) is 4.68. The minimum Gasteiger partial charge on any atom is -0.0984 e. The molecule has 0 aliphatic heterocycles. The molecule has 0 heterocycles. The molecule has 0 spiro atoms. The normalized spacial score (nSPS) is 12.8. The molecule has 0 nitrogen and oxygen atoms in total. The van der Waals surface area contributed by atoms with Crippen molar-refractivity contribution in [2.24, 2.45) is 0 Å². The van der Waals surface area contributed by atoms with E-state index >= 15 is 0 Å². The van der Waals surface area contributed by atoms with Crippen LogP contribution in [-0.4, -0.2) is 0 Å². The van der Waals surface area contributed by atoms with Gasteiger partial charge in [0.1, 0.15) is 0 Å². The number of rotatable bonds is 4. The van der Waals surface area contributed by atoms with E-state index in [1.165, 1.54) is 27.8 Å². The molecule has 0 N–H and O–H groups in total. The van der Waals surface area contributed by atoms with Gasteiger partial charge in [-0.15, -0.1) is 0 Å². The molecule has 2 aromatic rings. The molecule has 20 heavy (non-hydrogen) atoms. The average molecular weight is 260 g/mol. The van der Waals surface area contributed by atoms with Gasteiger partial charge in [0.05, 0.1) is 0 Å². The minimum atomic E-state index is 1.18. The molecular formula is C20H20. The van der Waals surface area contributed by atoms with Crippen LogP contribution < -0.4 is 0 Å². The van der Waals surface area contributed by atoms with Gasteiger partial charge in [-0.25, -0.2) is 0 Å². The molecule has 0 saturated heterocycles. The third kappa shape index (κ3) is 2.97. The lowest BCUT2D eigenvalue weighted by Crippen LogP contribution is -1.91. The fraction of sp³-hybridized carbons (Fsp3) is 0.100. The summed E-state index contributed by atoms with van der Waals surface area (Å²) in [7, 11) is 0. The maximum absolute atomic E-state index is 3.98. The van der Waals surface area contributed by atoms with E-state index in [4.69, 9.17) is 0 Å². The summed E-state index contributed by atoms with van der Waals surface area (Å²) in [5, 5.41) is 0. The molecule has 0 fully saturated rings. The van der Waals surface area contributed by atoms with E-state index in [1.807, 2.05) is 18.2 Å². The molecule has 2 aromatic carbocycles. The highest BCUT2D eigenvalue weighted by atomic mass is 14.1. The maximum Gasteiger partial charge on any atom is -0.0155 e. The van der Waals surface area contributed by atoms with Gasteiger partial charge in [-0.05, 0) is 41.7 Å². The van der Waals surface area contributed by atoms with Crippen molar-refractivity contribution in [3.05, 3.63) is 96.1 Å². The van der Waals surface area contributed by atoms with E-state index in [9.17, 15) is 0 Å². The summed E-state index contributed by atoms with van der Waals surface area (Å²) in [6.45, 7) is 8.22. The Morgan fingerprint density at radius 2 is 1.35 bits per heavy atom. The van der Waals surface area contributed by atoms with Crippen molar-refractivity contribution in [3.8, 4) is 0 Å². The average Bonchev–Trinajstić information content (AvgIpc) is 2.51. The van der Waals surface area contributed by atoms with Gasteiger partial charge in [0, 0.05) is 0 Å². The van der Waals surface area contributed by atoms with Crippen molar-refractivity contribution in [1.29, 1.82) is 0 Å². The van der Waals surface area contributed by atoms with Crippen molar-refractivity contribution in [2.75, 3.05) is 0 Å². The van der Waals surface area contributed by atoms with Gasteiger partial charge in [0.15, 0.2) is 0 Å². The van der Waals surface area contributed by atoms with Crippen LogP contribution in [-0.2, 0) is 0 Å². The van der Waals surface area contributed by atoms with Crippen LogP contribution in [0.3, 0.4) is 0 Å². The zero-order chi connectivity index (χ0) is 14.4. The lowest BCUT2D eigenvalue weighted by molar-refractivity contribution is 1.47. The number of benzene rings is 2. The molecule has 0 bridgehead atoms. The molecule has 100 valence electrons. The first-order valence-corrected chi connectivity index (χ1v) is 6.88. The molecule has 0 aliphatic rings. The van der Waals surface area contributed by atoms with E-state index in [0.717, 1.165) is 0 Å². The number of allylic oxidation sites excluding steroid dienone is 5. The molecule has 0 saturated carbocycles. The van der Waals surface area contributed by atoms with Gasteiger partial charge in [-0.3, -0.25) is 0 Å². The Bertz CT molecular complexity index is 628. The van der Waals surface area contributed by atoms with Crippen molar-refractivity contribution >= 4 is 11.1 Å². The Labute approximate surface area is 121 Å². The second kappa shape index (κ2) is 6.72. The van der Waals surface area contributed by atoms with Gasteiger partial charge in [-0.2, -0.15) is 0 Å². The predicted octanol–water partition coefficient (Wildman–Crippen LogP) is 5.75. The number of hydrogen-bond acceptors (Lipinski definition) is 0. The summed E-state index contributed by atoms with van der Waals surface area (Å²) in [5.41, 5.74) is 6.13. The Hall–Kier alpha value is -2.34. The first-order chi connectivity index (χ1) is 9.77. The first-order valence-electron chi connectivity index (χ1n) is 6.88. The monoisotopic (exact) mass is 260 g/mol. The zero-order valence-electron chi connectivity index (χ0n) is 12.1. The highest BCUT2D eigenvalue weighted by molar-refractivity contribution is 5.91. The minimum absolute atomic E-state index is 1.18. The van der Waals surface area contributed by atoms with E-state index in [2.05, 4.69) is 75.0 Å². The van der Waals surface area contributed by atoms with Crippen molar-refractivity contribution in [1.82, 2.24) is 0 Å². The van der Waals surface area contributed by atoms with Crippen LogP contribution in [0.1, 0.15) is 25.0 Å². The summed E-state index contributed by atoms with van der Waals surface area (Å²) in [6.07, 6.45) is 4.11. The van der Waals surface area contributed by atoms with Gasteiger partial charge in [0.25, 0.3) is 0 Å². The molecule has 0 aliphatic carbocycles. The fourth-order valence-corrected chi connectivity index (χ4v) is 2.47. The van der Waals surface area contributed by atoms with Crippen LogP contribution in [0.5, 0.6) is 0 Å². The Kier molecular flexibility index (Phi) is 4.73. The van der Waals surface area contributed by atoms with E-state index in [-0.39, 0.29) is 0 Å². The van der Waals surface area contributed by atoms with Crippen LogP contribution in [0.4, 0.5) is 0 Å². The SMILES string of the molecule is C=C/C(=C(C)\C(=C/C)c1ccccc1)c1ccccc1. The van der Waals surface area contributed by atoms with E-state index < -0.39 is 0 Å². The van der Waals surface area contributed by atoms with E-state index in [0.29, 0.717) is 0 Å². The van der Waals surface area contributed by atoms with Crippen LogP contribution >= 0.6 is 0 Å². The first kappa shape index (κ1) is 14.1. The zero-order valence-corrected chi connectivity index (χ0v) is 12.1.